The van der Waals surface area contributed by atoms with Crippen molar-refractivity contribution in [3.63, 3.8) is 0 Å². The summed E-state index contributed by atoms with van der Waals surface area (Å²) in [5.74, 6) is 8.79. The second-order valence-corrected chi connectivity index (χ2v) is 5.49. The summed E-state index contributed by atoms with van der Waals surface area (Å²) in [6.07, 6.45) is 6.75. The van der Waals surface area contributed by atoms with Crippen molar-refractivity contribution in [1.82, 2.24) is 5.32 Å². The van der Waals surface area contributed by atoms with Crippen LogP contribution in [0.15, 0.2) is 0 Å². The molecule has 0 saturated heterocycles. The van der Waals surface area contributed by atoms with Gasteiger partial charge in [0.15, 0.2) is 0 Å². The highest BCUT2D eigenvalue weighted by Gasteiger charge is 2.23. The fourth-order valence-corrected chi connectivity index (χ4v) is 2.61. The summed E-state index contributed by atoms with van der Waals surface area (Å²) in [4.78, 5) is 0. The minimum absolute atomic E-state index is 0.762. The summed E-state index contributed by atoms with van der Waals surface area (Å²) in [5.41, 5.74) is 0. The lowest BCUT2D eigenvalue weighted by molar-refractivity contribution is 0.232. The van der Waals surface area contributed by atoms with Crippen molar-refractivity contribution in [2.24, 2.45) is 17.8 Å². The Morgan fingerprint density at radius 1 is 1.19 bits per heavy atom. The van der Waals surface area contributed by atoms with Crippen LogP contribution in [0.2, 0.25) is 0 Å². The van der Waals surface area contributed by atoms with Gasteiger partial charge in [-0.05, 0) is 50.6 Å². The number of hydrogen-bond donors (Lipinski definition) is 1. The highest BCUT2D eigenvalue weighted by Crippen LogP contribution is 2.31. The Morgan fingerprint density at radius 2 is 1.88 bits per heavy atom. The monoisotopic (exact) mass is 221 g/mol. The summed E-state index contributed by atoms with van der Waals surface area (Å²) < 4.78 is 0. The first-order chi connectivity index (χ1) is 7.74. The Balaban J connectivity index is 2.30. The number of nitrogens with one attached hydrogen (secondary N) is 1. The Kier molecular flexibility index (Phi) is 6.57. The Labute approximate surface area is 101 Å². The largest absolute Gasteiger partial charge is 0.316 e. The van der Waals surface area contributed by atoms with E-state index in [1.54, 1.807) is 0 Å². The second kappa shape index (κ2) is 7.74. The van der Waals surface area contributed by atoms with E-state index in [1.807, 2.05) is 6.92 Å². The van der Waals surface area contributed by atoms with Crippen LogP contribution in [0.4, 0.5) is 0 Å². The molecular formula is C15H27N. The lowest BCUT2D eigenvalue weighted by Gasteiger charge is -2.30. The molecule has 0 aromatic heterocycles. The van der Waals surface area contributed by atoms with Crippen molar-refractivity contribution in [2.45, 2.75) is 52.9 Å². The number of hydrogen-bond acceptors (Lipinski definition) is 1. The lowest BCUT2D eigenvalue weighted by atomic mass is 9.77. The molecule has 2 atom stereocenters. The van der Waals surface area contributed by atoms with Crippen LogP contribution in [0.1, 0.15) is 52.9 Å². The Bertz CT molecular complexity index is 234. The fourth-order valence-electron chi connectivity index (χ4n) is 2.61. The first-order valence-electron chi connectivity index (χ1n) is 6.84. The summed E-state index contributed by atoms with van der Waals surface area (Å²) in [7, 11) is 0. The molecule has 0 aromatic rings. The van der Waals surface area contributed by atoms with Gasteiger partial charge >= 0.3 is 0 Å². The molecule has 1 nitrogen and oxygen atoms in total. The van der Waals surface area contributed by atoms with E-state index in [2.05, 4.69) is 31.0 Å². The van der Waals surface area contributed by atoms with Crippen LogP contribution in [0.3, 0.4) is 0 Å². The minimum atomic E-state index is 0.762. The van der Waals surface area contributed by atoms with E-state index in [1.165, 1.54) is 32.2 Å². The van der Waals surface area contributed by atoms with Crippen LogP contribution >= 0.6 is 0 Å². The molecule has 0 aromatic carbocycles. The van der Waals surface area contributed by atoms with Crippen LogP contribution in [0.5, 0.6) is 0 Å². The smallest absolute Gasteiger partial charge is 0.0120 e. The molecule has 1 fully saturated rings. The zero-order chi connectivity index (χ0) is 11.8. The molecule has 1 saturated carbocycles. The van der Waals surface area contributed by atoms with Crippen molar-refractivity contribution in [2.75, 3.05) is 13.1 Å². The third-order valence-corrected chi connectivity index (χ3v) is 3.57. The van der Waals surface area contributed by atoms with Gasteiger partial charge in [0.05, 0.1) is 0 Å². The van der Waals surface area contributed by atoms with E-state index in [4.69, 9.17) is 0 Å². The van der Waals surface area contributed by atoms with Crippen molar-refractivity contribution >= 4 is 0 Å². The van der Waals surface area contributed by atoms with Crippen LogP contribution in [-0.4, -0.2) is 13.1 Å². The molecule has 0 bridgehead atoms. The third-order valence-electron chi connectivity index (χ3n) is 3.57. The van der Waals surface area contributed by atoms with Crippen molar-refractivity contribution in [1.29, 1.82) is 0 Å². The first kappa shape index (κ1) is 13.6. The van der Waals surface area contributed by atoms with Crippen LogP contribution in [-0.2, 0) is 0 Å². The van der Waals surface area contributed by atoms with Crippen LogP contribution in [0.25, 0.3) is 0 Å². The molecule has 0 amide bonds. The fraction of sp³-hybridized carbons (Fsp3) is 0.867. The standard InChI is InChI=1S/C15H27N/c1-4-5-8-14-9-6-7-10-15(14)12-16-11-13(2)3/h13-16H,6-12H2,1-3H3. The van der Waals surface area contributed by atoms with Gasteiger partial charge in [-0.15, -0.1) is 11.8 Å². The summed E-state index contributed by atoms with van der Waals surface area (Å²) in [6.45, 7) is 8.85. The van der Waals surface area contributed by atoms with Gasteiger partial charge in [0, 0.05) is 6.42 Å². The van der Waals surface area contributed by atoms with Crippen LogP contribution in [0, 0.1) is 29.6 Å². The molecule has 1 N–H and O–H groups in total. The van der Waals surface area contributed by atoms with Gasteiger partial charge in [-0.1, -0.05) is 26.7 Å². The molecule has 0 radical (unpaired) electrons. The van der Waals surface area contributed by atoms with E-state index in [0.29, 0.717) is 0 Å². The molecule has 1 rings (SSSR count). The molecule has 1 aliphatic carbocycles. The highest BCUT2D eigenvalue weighted by molar-refractivity contribution is 4.98. The molecule has 1 aliphatic rings. The molecule has 0 aliphatic heterocycles. The third kappa shape index (κ3) is 5.03. The molecular weight excluding hydrogens is 194 g/mol. The summed E-state index contributed by atoms with van der Waals surface area (Å²) in [5, 5.41) is 3.61. The predicted molar refractivity (Wildman–Crippen MR) is 71.2 cm³/mol. The van der Waals surface area contributed by atoms with E-state index >= 15 is 0 Å². The maximum Gasteiger partial charge on any atom is 0.0120 e. The van der Waals surface area contributed by atoms with E-state index < -0.39 is 0 Å². The Morgan fingerprint density at radius 3 is 2.50 bits per heavy atom. The average molecular weight is 221 g/mol. The zero-order valence-corrected chi connectivity index (χ0v) is 11.2. The first-order valence-corrected chi connectivity index (χ1v) is 6.84. The Hall–Kier alpha value is -0.480. The van der Waals surface area contributed by atoms with Gasteiger partial charge in [0.25, 0.3) is 0 Å². The SMILES string of the molecule is CC#CCC1CCCCC1CNCC(C)C. The van der Waals surface area contributed by atoms with Gasteiger partial charge in [0.2, 0.25) is 0 Å². The minimum Gasteiger partial charge on any atom is -0.316 e. The normalized spacial score (nSPS) is 25.2. The van der Waals surface area contributed by atoms with Gasteiger partial charge in [-0.2, -0.15) is 0 Å². The summed E-state index contributed by atoms with van der Waals surface area (Å²) >= 11 is 0. The zero-order valence-electron chi connectivity index (χ0n) is 11.2. The summed E-state index contributed by atoms with van der Waals surface area (Å²) in [6, 6.07) is 0. The van der Waals surface area contributed by atoms with Crippen molar-refractivity contribution < 1.29 is 0 Å². The molecule has 16 heavy (non-hydrogen) atoms. The second-order valence-electron chi connectivity index (χ2n) is 5.49. The highest BCUT2D eigenvalue weighted by atomic mass is 14.9. The van der Waals surface area contributed by atoms with Gasteiger partial charge in [-0.25, -0.2) is 0 Å². The van der Waals surface area contributed by atoms with E-state index in [-0.39, 0.29) is 0 Å². The lowest BCUT2D eigenvalue weighted by Crippen LogP contribution is -2.32. The maximum absolute atomic E-state index is 3.61. The van der Waals surface area contributed by atoms with Crippen LogP contribution < -0.4 is 5.32 Å². The maximum atomic E-state index is 3.61. The van der Waals surface area contributed by atoms with Gasteiger partial charge in [-0.3, -0.25) is 0 Å². The van der Waals surface area contributed by atoms with Gasteiger partial charge in [0.1, 0.15) is 0 Å². The average Bonchev–Trinajstić information content (AvgIpc) is 2.27. The topological polar surface area (TPSA) is 12.0 Å². The van der Waals surface area contributed by atoms with E-state index in [9.17, 15) is 0 Å². The van der Waals surface area contributed by atoms with E-state index in [0.717, 1.165) is 30.7 Å². The molecule has 0 spiro atoms. The molecule has 2 unspecified atom stereocenters. The molecule has 0 heterocycles. The van der Waals surface area contributed by atoms with Crippen molar-refractivity contribution in [3.05, 3.63) is 0 Å². The van der Waals surface area contributed by atoms with Gasteiger partial charge < -0.3 is 5.32 Å². The quantitative estimate of drug-likeness (QED) is 0.701. The van der Waals surface area contributed by atoms with Crippen molar-refractivity contribution in [3.8, 4) is 11.8 Å². The molecule has 92 valence electrons. The number of rotatable bonds is 5. The predicted octanol–water partition coefficient (Wildman–Crippen LogP) is 3.45. The molecule has 1 heteroatoms.